The number of carbonyl (C=O) groups is 2. The molecule has 120 valence electrons. The summed E-state index contributed by atoms with van der Waals surface area (Å²) in [5.74, 6) is -1.97. The molecule has 0 aliphatic rings. The summed E-state index contributed by atoms with van der Waals surface area (Å²) in [5.41, 5.74) is 2.41. The minimum absolute atomic E-state index is 0.0601. The largest absolute Gasteiger partial charge is 0.480 e. The number of aliphatic carboxylic acids is 1. The molecule has 0 fully saturated rings. The maximum atomic E-state index is 13.1. The first-order valence-electron chi connectivity index (χ1n) is 7.26. The number of aryl methyl sites for hydroxylation is 1. The Morgan fingerprint density at radius 3 is 2.43 bits per heavy atom. The Kier molecular flexibility index (Phi) is 5.46. The molecule has 0 radical (unpaired) electrons. The van der Waals surface area contributed by atoms with Crippen molar-refractivity contribution in [2.45, 2.75) is 25.8 Å². The summed E-state index contributed by atoms with van der Waals surface area (Å²) in [5, 5.41) is 11.8. The van der Waals surface area contributed by atoms with Gasteiger partial charge in [-0.1, -0.05) is 42.0 Å². The van der Waals surface area contributed by atoms with Crippen molar-refractivity contribution >= 4 is 11.9 Å². The van der Waals surface area contributed by atoms with Gasteiger partial charge in [0.05, 0.1) is 6.42 Å². The quantitative estimate of drug-likeness (QED) is 0.860. The number of carboxylic acids is 1. The first kappa shape index (κ1) is 16.7. The highest BCUT2D eigenvalue weighted by atomic mass is 19.1. The van der Waals surface area contributed by atoms with Gasteiger partial charge in [-0.2, -0.15) is 0 Å². The van der Waals surface area contributed by atoms with Crippen molar-refractivity contribution in [3.63, 3.8) is 0 Å². The molecule has 0 aromatic heterocycles. The van der Waals surface area contributed by atoms with Gasteiger partial charge in [0.2, 0.25) is 5.91 Å². The summed E-state index contributed by atoms with van der Waals surface area (Å²) in [4.78, 5) is 23.3. The summed E-state index contributed by atoms with van der Waals surface area (Å²) in [6.07, 6.45) is 0.139. The fraction of sp³-hybridized carbons (Fsp3) is 0.222. The minimum Gasteiger partial charge on any atom is -0.480 e. The van der Waals surface area contributed by atoms with E-state index in [1.54, 1.807) is 6.07 Å². The lowest BCUT2D eigenvalue weighted by molar-refractivity contribution is -0.141. The van der Waals surface area contributed by atoms with Gasteiger partial charge in [-0.3, -0.25) is 4.79 Å². The molecular formula is C18H18FNO3. The van der Waals surface area contributed by atoms with Crippen molar-refractivity contribution in [2.75, 3.05) is 0 Å². The molecule has 23 heavy (non-hydrogen) atoms. The summed E-state index contributed by atoms with van der Waals surface area (Å²) < 4.78 is 13.1. The van der Waals surface area contributed by atoms with Crippen LogP contribution >= 0.6 is 0 Å². The van der Waals surface area contributed by atoms with Crippen LogP contribution in [0.1, 0.15) is 16.7 Å². The van der Waals surface area contributed by atoms with E-state index in [1.165, 1.54) is 18.2 Å². The zero-order valence-electron chi connectivity index (χ0n) is 12.8. The van der Waals surface area contributed by atoms with E-state index in [2.05, 4.69) is 5.32 Å². The van der Waals surface area contributed by atoms with E-state index in [4.69, 9.17) is 0 Å². The first-order chi connectivity index (χ1) is 10.9. The predicted molar refractivity (Wildman–Crippen MR) is 84.6 cm³/mol. The van der Waals surface area contributed by atoms with E-state index in [1.807, 2.05) is 31.2 Å². The lowest BCUT2D eigenvalue weighted by Gasteiger charge is -2.15. The van der Waals surface area contributed by atoms with Crippen LogP contribution in [-0.4, -0.2) is 23.0 Å². The molecule has 0 heterocycles. The van der Waals surface area contributed by atoms with E-state index in [9.17, 15) is 19.1 Å². The van der Waals surface area contributed by atoms with Crippen molar-refractivity contribution in [3.05, 3.63) is 71.0 Å². The van der Waals surface area contributed by atoms with Crippen LogP contribution in [0.3, 0.4) is 0 Å². The van der Waals surface area contributed by atoms with Crippen molar-refractivity contribution in [1.29, 1.82) is 0 Å². The highest BCUT2D eigenvalue weighted by Gasteiger charge is 2.20. The lowest BCUT2D eigenvalue weighted by atomic mass is 10.0. The Bertz CT molecular complexity index is 698. The fourth-order valence-electron chi connectivity index (χ4n) is 2.24. The number of halogens is 1. The lowest BCUT2D eigenvalue weighted by Crippen LogP contribution is -2.43. The van der Waals surface area contributed by atoms with Gasteiger partial charge < -0.3 is 10.4 Å². The van der Waals surface area contributed by atoms with Gasteiger partial charge in [-0.15, -0.1) is 0 Å². The van der Waals surface area contributed by atoms with Gasteiger partial charge in [0.1, 0.15) is 11.9 Å². The molecule has 2 aromatic carbocycles. The van der Waals surface area contributed by atoms with Crippen LogP contribution in [0.5, 0.6) is 0 Å². The van der Waals surface area contributed by atoms with Crippen LogP contribution in [0.4, 0.5) is 4.39 Å². The van der Waals surface area contributed by atoms with E-state index >= 15 is 0 Å². The number of carbonyl (C=O) groups excluding carboxylic acids is 1. The average molecular weight is 315 g/mol. The van der Waals surface area contributed by atoms with Crippen LogP contribution < -0.4 is 5.32 Å². The van der Waals surface area contributed by atoms with Gasteiger partial charge in [0, 0.05) is 6.42 Å². The molecular weight excluding hydrogens is 297 g/mol. The molecule has 1 atom stereocenters. The van der Waals surface area contributed by atoms with Gasteiger partial charge >= 0.3 is 5.97 Å². The van der Waals surface area contributed by atoms with Crippen LogP contribution in [0, 0.1) is 12.7 Å². The molecule has 0 saturated carbocycles. The number of benzene rings is 2. The van der Waals surface area contributed by atoms with E-state index in [0.29, 0.717) is 5.56 Å². The Morgan fingerprint density at radius 1 is 1.13 bits per heavy atom. The topological polar surface area (TPSA) is 66.4 Å². The van der Waals surface area contributed by atoms with Crippen molar-refractivity contribution in [3.8, 4) is 0 Å². The van der Waals surface area contributed by atoms with Crippen LogP contribution in [0.25, 0.3) is 0 Å². The monoisotopic (exact) mass is 315 g/mol. The van der Waals surface area contributed by atoms with Crippen molar-refractivity contribution in [1.82, 2.24) is 5.32 Å². The molecule has 0 spiro atoms. The van der Waals surface area contributed by atoms with Gasteiger partial charge in [-0.25, -0.2) is 9.18 Å². The highest BCUT2D eigenvalue weighted by Crippen LogP contribution is 2.08. The van der Waals surface area contributed by atoms with Crippen LogP contribution in [-0.2, 0) is 22.4 Å². The standard InChI is InChI=1S/C18H18FNO3/c1-12-5-7-13(8-6-12)10-16(18(22)23)20-17(21)11-14-3-2-4-15(19)9-14/h2-9,16H,10-11H2,1H3,(H,20,21)(H,22,23)/t16-/m0/s1. The molecule has 5 heteroatoms. The molecule has 2 aromatic rings. The minimum atomic E-state index is -1.10. The zero-order valence-corrected chi connectivity index (χ0v) is 12.8. The van der Waals surface area contributed by atoms with Gasteiger partial charge in [0.25, 0.3) is 0 Å². The molecule has 2 rings (SSSR count). The van der Waals surface area contributed by atoms with Crippen LogP contribution in [0.2, 0.25) is 0 Å². The predicted octanol–water partition coefficient (Wildman–Crippen LogP) is 2.49. The second-order valence-corrected chi connectivity index (χ2v) is 5.45. The summed E-state index contributed by atoms with van der Waals surface area (Å²) >= 11 is 0. The van der Waals surface area contributed by atoms with Gasteiger partial charge in [0.15, 0.2) is 0 Å². The Balaban J connectivity index is 1.99. The van der Waals surface area contributed by atoms with Gasteiger partial charge in [-0.05, 0) is 30.2 Å². The Labute approximate surface area is 134 Å². The zero-order chi connectivity index (χ0) is 16.8. The van der Waals surface area contributed by atoms with E-state index in [-0.39, 0.29) is 12.8 Å². The first-order valence-corrected chi connectivity index (χ1v) is 7.26. The van der Waals surface area contributed by atoms with E-state index < -0.39 is 23.7 Å². The number of nitrogens with one attached hydrogen (secondary N) is 1. The molecule has 0 aliphatic heterocycles. The summed E-state index contributed by atoms with van der Waals surface area (Å²) in [6, 6.07) is 12.1. The molecule has 1 amide bonds. The third kappa shape index (κ3) is 5.21. The maximum absolute atomic E-state index is 13.1. The Hall–Kier alpha value is -2.69. The van der Waals surface area contributed by atoms with Crippen LogP contribution in [0.15, 0.2) is 48.5 Å². The molecule has 0 unspecified atom stereocenters. The number of rotatable bonds is 6. The second kappa shape index (κ2) is 7.54. The molecule has 0 aliphatic carbocycles. The summed E-state index contributed by atoms with van der Waals surface area (Å²) in [6.45, 7) is 1.94. The number of hydrogen-bond acceptors (Lipinski definition) is 2. The van der Waals surface area contributed by atoms with Crippen molar-refractivity contribution in [2.24, 2.45) is 0 Å². The molecule has 2 N–H and O–H groups in total. The molecule has 0 saturated heterocycles. The second-order valence-electron chi connectivity index (χ2n) is 5.45. The molecule has 4 nitrogen and oxygen atoms in total. The normalized spacial score (nSPS) is 11.7. The SMILES string of the molecule is Cc1ccc(C[C@H](NC(=O)Cc2cccc(F)c2)C(=O)O)cc1. The maximum Gasteiger partial charge on any atom is 0.326 e. The smallest absolute Gasteiger partial charge is 0.326 e. The Morgan fingerprint density at radius 2 is 1.83 bits per heavy atom. The van der Waals surface area contributed by atoms with E-state index in [0.717, 1.165) is 11.1 Å². The third-order valence-corrected chi connectivity index (χ3v) is 3.45. The third-order valence-electron chi connectivity index (χ3n) is 3.45. The average Bonchev–Trinajstić information content (AvgIpc) is 2.48. The highest BCUT2D eigenvalue weighted by molar-refractivity contribution is 5.85. The number of carboxylic acid groups (broad SMARTS) is 1. The summed E-state index contributed by atoms with van der Waals surface area (Å²) in [7, 11) is 0. The number of amides is 1. The molecule has 0 bridgehead atoms. The fourth-order valence-corrected chi connectivity index (χ4v) is 2.24. The van der Waals surface area contributed by atoms with Crippen molar-refractivity contribution < 1.29 is 19.1 Å². The number of hydrogen-bond donors (Lipinski definition) is 2.